The highest BCUT2D eigenvalue weighted by atomic mass is 16.7. The number of ketones is 2. The predicted octanol–water partition coefficient (Wildman–Crippen LogP) is 1.10. The van der Waals surface area contributed by atoms with Gasteiger partial charge in [-0.05, 0) is 25.3 Å². The van der Waals surface area contributed by atoms with E-state index in [2.05, 4.69) is 0 Å². The average molecular weight is 224 g/mol. The van der Waals surface area contributed by atoms with Gasteiger partial charge in [0.2, 0.25) is 5.79 Å². The second kappa shape index (κ2) is 3.79. The Bertz CT molecular complexity index is 365. The maximum Gasteiger partial charge on any atom is 0.235 e. The van der Waals surface area contributed by atoms with Gasteiger partial charge in [-0.1, -0.05) is 6.08 Å². The van der Waals surface area contributed by atoms with Crippen molar-refractivity contribution in [2.24, 2.45) is 11.8 Å². The van der Waals surface area contributed by atoms with Crippen LogP contribution in [0.25, 0.3) is 0 Å². The lowest BCUT2D eigenvalue weighted by Crippen LogP contribution is -2.45. The Kier molecular flexibility index (Phi) is 2.72. The van der Waals surface area contributed by atoms with E-state index in [1.807, 2.05) is 6.08 Å². The van der Waals surface area contributed by atoms with Crippen LogP contribution in [0.3, 0.4) is 0 Å². The molecule has 0 aliphatic heterocycles. The molecule has 0 N–H and O–H groups in total. The molecule has 2 aliphatic carbocycles. The number of carbonyl (C=O) groups is 2. The second-order valence-electron chi connectivity index (χ2n) is 4.38. The van der Waals surface area contributed by atoms with E-state index in [0.29, 0.717) is 18.4 Å². The van der Waals surface area contributed by atoms with Gasteiger partial charge in [0.05, 0.1) is 0 Å². The first kappa shape index (κ1) is 11.5. The number of hydrogen-bond donors (Lipinski definition) is 0. The molecule has 0 radical (unpaired) electrons. The number of allylic oxidation sites excluding steroid dienone is 1. The SMILES string of the molecule is COC1(OC)C(=O)[C@@H]2CC=C(C(C)=O)[C@H]1C2. The first-order chi connectivity index (χ1) is 7.56. The van der Waals surface area contributed by atoms with E-state index in [9.17, 15) is 9.59 Å². The molecular weight excluding hydrogens is 208 g/mol. The number of fused-ring (bicyclic) bond motifs is 2. The van der Waals surface area contributed by atoms with Crippen LogP contribution in [0.5, 0.6) is 0 Å². The van der Waals surface area contributed by atoms with Gasteiger partial charge in [0.1, 0.15) is 0 Å². The molecule has 0 unspecified atom stereocenters. The minimum absolute atomic E-state index is 0.00312. The van der Waals surface area contributed by atoms with E-state index in [4.69, 9.17) is 9.47 Å². The highest BCUT2D eigenvalue weighted by molar-refractivity contribution is 6.00. The summed E-state index contributed by atoms with van der Waals surface area (Å²) in [6.45, 7) is 1.52. The van der Waals surface area contributed by atoms with Crippen molar-refractivity contribution < 1.29 is 19.1 Å². The quantitative estimate of drug-likeness (QED) is 0.674. The number of hydrogen-bond acceptors (Lipinski definition) is 4. The lowest BCUT2D eigenvalue weighted by atomic mass is 9.85. The predicted molar refractivity (Wildman–Crippen MR) is 56.7 cm³/mol. The first-order valence-electron chi connectivity index (χ1n) is 5.42. The highest BCUT2D eigenvalue weighted by Crippen LogP contribution is 2.48. The van der Waals surface area contributed by atoms with Gasteiger partial charge in [-0.2, -0.15) is 0 Å². The van der Waals surface area contributed by atoms with Crippen LogP contribution in [0.4, 0.5) is 0 Å². The fourth-order valence-electron chi connectivity index (χ4n) is 2.91. The number of methoxy groups -OCH3 is 2. The molecule has 0 aromatic rings. The topological polar surface area (TPSA) is 52.6 Å². The Hall–Kier alpha value is -1.00. The molecule has 0 aromatic heterocycles. The molecule has 2 aliphatic rings. The molecule has 1 fully saturated rings. The minimum Gasteiger partial charge on any atom is -0.347 e. The average Bonchev–Trinajstić information content (AvgIpc) is 2.49. The van der Waals surface area contributed by atoms with E-state index in [1.165, 1.54) is 21.1 Å². The Labute approximate surface area is 94.6 Å². The van der Waals surface area contributed by atoms with Crippen molar-refractivity contribution >= 4 is 11.6 Å². The summed E-state index contributed by atoms with van der Waals surface area (Å²) in [5.74, 6) is -1.58. The summed E-state index contributed by atoms with van der Waals surface area (Å²) in [5.41, 5.74) is 0.672. The maximum atomic E-state index is 12.1. The smallest absolute Gasteiger partial charge is 0.235 e. The van der Waals surface area contributed by atoms with Crippen LogP contribution >= 0.6 is 0 Å². The summed E-state index contributed by atoms with van der Waals surface area (Å²) in [7, 11) is 2.92. The van der Waals surface area contributed by atoms with E-state index in [-0.39, 0.29) is 23.4 Å². The van der Waals surface area contributed by atoms with E-state index in [1.54, 1.807) is 0 Å². The van der Waals surface area contributed by atoms with Gasteiger partial charge >= 0.3 is 0 Å². The molecular formula is C12H16O4. The fourth-order valence-corrected chi connectivity index (χ4v) is 2.91. The minimum atomic E-state index is -1.24. The van der Waals surface area contributed by atoms with Crippen molar-refractivity contribution in [3.05, 3.63) is 11.6 Å². The Balaban J connectivity index is 2.45. The lowest BCUT2D eigenvalue weighted by Gasteiger charge is -2.31. The number of carbonyl (C=O) groups excluding carboxylic acids is 2. The number of rotatable bonds is 3. The normalized spacial score (nSPS) is 31.4. The molecule has 88 valence electrons. The molecule has 2 atom stereocenters. The molecule has 0 spiro atoms. The summed E-state index contributed by atoms with van der Waals surface area (Å²) in [4.78, 5) is 23.7. The number of ether oxygens (including phenoxy) is 2. The van der Waals surface area contributed by atoms with Crippen molar-refractivity contribution in [2.75, 3.05) is 14.2 Å². The van der Waals surface area contributed by atoms with Gasteiger partial charge in [0.15, 0.2) is 11.6 Å². The third-order valence-corrected chi connectivity index (χ3v) is 3.70. The number of Topliss-reactive ketones (excluding diaryl/α,β-unsaturated/α-hetero) is 2. The zero-order valence-corrected chi connectivity index (χ0v) is 9.78. The lowest BCUT2D eigenvalue weighted by molar-refractivity contribution is -0.214. The summed E-state index contributed by atoms with van der Waals surface area (Å²) in [6, 6.07) is 0. The zero-order valence-electron chi connectivity index (χ0n) is 9.78. The van der Waals surface area contributed by atoms with Crippen LogP contribution in [0.2, 0.25) is 0 Å². The highest BCUT2D eigenvalue weighted by Gasteiger charge is 2.59. The standard InChI is InChI=1S/C12H16O4/c1-7(13)9-5-4-8-6-10(9)12(15-2,16-3)11(8)14/h5,8,10H,4,6H2,1-3H3/t8-,10-/m1/s1. The Morgan fingerprint density at radius 1 is 1.44 bits per heavy atom. The Morgan fingerprint density at radius 2 is 2.06 bits per heavy atom. The molecule has 1 saturated carbocycles. The fraction of sp³-hybridized carbons (Fsp3) is 0.667. The maximum absolute atomic E-state index is 12.1. The van der Waals surface area contributed by atoms with Gasteiger partial charge < -0.3 is 9.47 Å². The van der Waals surface area contributed by atoms with Gasteiger partial charge in [-0.3, -0.25) is 9.59 Å². The summed E-state index contributed by atoms with van der Waals surface area (Å²) < 4.78 is 10.6. The summed E-state index contributed by atoms with van der Waals surface area (Å²) >= 11 is 0. The third-order valence-electron chi connectivity index (χ3n) is 3.70. The van der Waals surface area contributed by atoms with E-state index >= 15 is 0 Å². The van der Waals surface area contributed by atoms with Crippen molar-refractivity contribution in [3.63, 3.8) is 0 Å². The molecule has 0 amide bonds. The monoisotopic (exact) mass is 224 g/mol. The first-order valence-corrected chi connectivity index (χ1v) is 5.42. The second-order valence-corrected chi connectivity index (χ2v) is 4.38. The van der Waals surface area contributed by atoms with Gasteiger partial charge in [0, 0.05) is 26.1 Å². The molecule has 2 bridgehead atoms. The van der Waals surface area contributed by atoms with Gasteiger partial charge in [-0.25, -0.2) is 0 Å². The Morgan fingerprint density at radius 3 is 2.56 bits per heavy atom. The van der Waals surface area contributed by atoms with Crippen LogP contribution in [-0.2, 0) is 19.1 Å². The largest absolute Gasteiger partial charge is 0.347 e. The van der Waals surface area contributed by atoms with Crippen LogP contribution in [0, 0.1) is 11.8 Å². The molecule has 4 nitrogen and oxygen atoms in total. The van der Waals surface area contributed by atoms with Crippen LogP contribution in [0.15, 0.2) is 11.6 Å². The zero-order chi connectivity index (χ0) is 11.9. The van der Waals surface area contributed by atoms with Crippen molar-refractivity contribution in [1.82, 2.24) is 0 Å². The van der Waals surface area contributed by atoms with Crippen molar-refractivity contribution in [2.45, 2.75) is 25.6 Å². The van der Waals surface area contributed by atoms with Gasteiger partial charge in [-0.15, -0.1) is 0 Å². The van der Waals surface area contributed by atoms with Crippen LogP contribution in [0.1, 0.15) is 19.8 Å². The molecule has 16 heavy (non-hydrogen) atoms. The summed E-state index contributed by atoms with van der Waals surface area (Å²) in [6.07, 6.45) is 3.14. The molecule has 4 heteroatoms. The molecule has 0 saturated heterocycles. The van der Waals surface area contributed by atoms with Crippen LogP contribution in [-0.4, -0.2) is 31.6 Å². The van der Waals surface area contributed by atoms with Crippen LogP contribution < -0.4 is 0 Å². The van der Waals surface area contributed by atoms with E-state index in [0.717, 1.165) is 0 Å². The molecule has 0 heterocycles. The van der Waals surface area contributed by atoms with Crippen molar-refractivity contribution in [3.8, 4) is 0 Å². The summed E-state index contributed by atoms with van der Waals surface area (Å²) in [5, 5.41) is 0. The van der Waals surface area contributed by atoms with Gasteiger partial charge in [0.25, 0.3) is 0 Å². The third kappa shape index (κ3) is 1.30. The molecule has 0 aromatic carbocycles. The van der Waals surface area contributed by atoms with Crippen molar-refractivity contribution in [1.29, 1.82) is 0 Å². The molecule has 2 rings (SSSR count). The van der Waals surface area contributed by atoms with E-state index < -0.39 is 5.79 Å².